The number of carbonyl (C=O) groups is 1. The molecule has 0 amide bonds. The number of hydrogen-bond donors (Lipinski definition) is 8. The quantitative estimate of drug-likeness (QED) is 0.0208. The maximum Gasteiger partial charge on any atom is 0.490 e. The van der Waals surface area contributed by atoms with Crippen LogP contribution < -0.4 is 33.7 Å². The minimum atomic E-state index is -5.70. The van der Waals surface area contributed by atoms with E-state index >= 15 is 0 Å². The lowest BCUT2D eigenvalue weighted by Crippen LogP contribution is -2.33. The Balaban J connectivity index is 0.000000138. The maximum absolute atomic E-state index is 13.4. The van der Waals surface area contributed by atoms with E-state index in [1.807, 2.05) is 48.5 Å². The molecule has 3 fully saturated rings. The zero-order chi connectivity index (χ0) is 103. The second-order valence-electron chi connectivity index (χ2n) is 30.8. The Morgan fingerprint density at radius 3 is 1.28 bits per heavy atom. The van der Waals surface area contributed by atoms with Crippen LogP contribution in [0.2, 0.25) is 20.1 Å². The van der Waals surface area contributed by atoms with Gasteiger partial charge < -0.3 is 43.6 Å². The molecule has 53 nitrogen and oxygen atoms in total. The van der Waals surface area contributed by atoms with Crippen LogP contribution in [0, 0.1) is 38.2 Å². The first-order valence-electron chi connectivity index (χ1n) is 41.9. The number of hydrogen-bond acceptors (Lipinski definition) is 37. The number of nitrogens with one attached hydrogen (secondary N) is 3. The van der Waals surface area contributed by atoms with Crippen molar-refractivity contribution in [3.8, 4) is 0 Å². The number of H-pyrrole nitrogens is 3. The average Bonchev–Trinajstić information content (AvgIpc) is 1.63. The number of benzene rings is 6. The van der Waals surface area contributed by atoms with Crippen LogP contribution in [0.4, 0.5) is 13.2 Å². The first-order valence-corrected chi connectivity index (χ1v) is 47.9. The summed E-state index contributed by atoms with van der Waals surface area (Å²) in [4.78, 5) is 138. The molecular weight excluding hydrogens is 2050 g/mol. The van der Waals surface area contributed by atoms with Crippen LogP contribution in [0.15, 0.2) is 249 Å². The third-order valence-corrected chi connectivity index (χ3v) is 26.1. The second-order valence-corrected chi connectivity index (χ2v) is 36.9. The Bertz CT molecular complexity index is 7480. The zero-order valence-corrected chi connectivity index (χ0v) is 79.8. The van der Waals surface area contributed by atoms with Gasteiger partial charge in [-0.25, -0.2) is 46.0 Å². The summed E-state index contributed by atoms with van der Waals surface area (Å²) in [6, 6.07) is 39.5. The van der Waals surface area contributed by atoms with E-state index in [4.69, 9.17) is 75.1 Å². The lowest BCUT2D eigenvalue weighted by molar-refractivity contribution is -0.0419. The van der Waals surface area contributed by atoms with Gasteiger partial charge in [-0.2, -0.15) is 37.4 Å². The van der Waals surface area contributed by atoms with Crippen LogP contribution in [0.3, 0.4) is 0 Å². The second kappa shape index (κ2) is 47.7. The van der Waals surface area contributed by atoms with Crippen LogP contribution >= 0.6 is 69.9 Å². The molecule has 3 saturated heterocycles. The summed E-state index contributed by atoms with van der Waals surface area (Å²) in [6.07, 6.45) is 11.1. The van der Waals surface area contributed by atoms with Gasteiger partial charge in [-0.05, 0) is 153 Å². The van der Waals surface area contributed by atoms with Gasteiger partial charge in [0.15, 0.2) is 49.6 Å². The van der Waals surface area contributed by atoms with E-state index in [0.717, 1.165) is 55.6 Å². The van der Waals surface area contributed by atoms with Gasteiger partial charge in [-0.3, -0.25) is 52.5 Å². The van der Waals surface area contributed by atoms with Gasteiger partial charge in [0.25, 0.3) is 16.7 Å². The molecule has 0 spiro atoms. The number of aromatic amines is 3. The number of ether oxygens (including phenoxy) is 4. The van der Waals surface area contributed by atoms with Gasteiger partial charge >= 0.3 is 46.5 Å². The van der Waals surface area contributed by atoms with Crippen molar-refractivity contribution in [2.75, 3.05) is 19.8 Å². The van der Waals surface area contributed by atoms with E-state index in [0.29, 0.717) is 55.2 Å². The fourth-order valence-electron chi connectivity index (χ4n) is 14.6. The van der Waals surface area contributed by atoms with Gasteiger partial charge in [-0.15, -0.1) is 61.2 Å². The van der Waals surface area contributed by atoms with E-state index in [9.17, 15) is 75.3 Å². The van der Waals surface area contributed by atoms with Gasteiger partial charge in [0.2, 0.25) is 0 Å². The number of halogens is 7. The van der Waals surface area contributed by atoms with E-state index in [1.54, 1.807) is 99.0 Å². The fourth-order valence-corrected chi connectivity index (χ4v) is 18.4. The summed E-state index contributed by atoms with van der Waals surface area (Å²) in [5.41, 5.74) is 2.83. The van der Waals surface area contributed by atoms with Gasteiger partial charge in [0.05, 0.1) is 18.8 Å². The molecule has 0 radical (unpaired) electrons. The molecule has 0 aliphatic carbocycles. The van der Waals surface area contributed by atoms with Crippen molar-refractivity contribution in [2.24, 2.45) is 0 Å². The molecule has 14 atom stereocenters. The highest BCUT2D eigenvalue weighted by Crippen LogP contribution is 2.66. The Hall–Kier alpha value is -14.4. The first-order chi connectivity index (χ1) is 68.9. The molecule has 3 aliphatic rings. The molecule has 19 rings (SSSR count). The third kappa shape index (κ3) is 27.5. The van der Waals surface area contributed by atoms with E-state index in [-0.39, 0.29) is 49.1 Å². The number of aliphatic hydroxyl groups is 1. The molecule has 0 bridgehead atoms. The molecule has 144 heavy (non-hydrogen) atoms. The van der Waals surface area contributed by atoms with Crippen LogP contribution in [0.1, 0.15) is 135 Å². The van der Waals surface area contributed by atoms with Crippen molar-refractivity contribution in [1.82, 2.24) is 155 Å². The molecule has 16 aromatic rings. The van der Waals surface area contributed by atoms with Gasteiger partial charge in [0, 0.05) is 98.2 Å². The predicted molar refractivity (Wildman–Crippen MR) is 489 cm³/mol. The summed E-state index contributed by atoms with van der Waals surface area (Å²) in [6.45, 7) is 3.55. The third-order valence-electron chi connectivity index (χ3n) is 21.2. The predicted octanol–water partition coefficient (Wildman–Crippen LogP) is 6.63. The van der Waals surface area contributed by atoms with Crippen molar-refractivity contribution in [2.45, 2.75) is 113 Å². The highest BCUT2D eigenvalue weighted by molar-refractivity contribution is 7.66. The summed E-state index contributed by atoms with van der Waals surface area (Å²) >= 11 is 24.1. The normalized spacial score (nSPS) is 18.9. The summed E-state index contributed by atoms with van der Waals surface area (Å²) in [5.74, 6) is -2.59. The number of nitrogens with zero attached hydrogens (tertiary/aromatic N) is 28. The monoisotopic (exact) mass is 2130 g/mol. The van der Waals surface area contributed by atoms with Crippen molar-refractivity contribution < 1.29 is 88.4 Å². The summed E-state index contributed by atoms with van der Waals surface area (Å²) < 4.78 is 112. The van der Waals surface area contributed by atoms with Crippen molar-refractivity contribution in [3.05, 3.63) is 376 Å². The number of carbonyl (C=O) groups excluding carboxylic acids is 1. The van der Waals surface area contributed by atoms with Crippen LogP contribution in [0.25, 0.3) is 0 Å². The zero-order valence-electron chi connectivity index (χ0n) is 74.1. The van der Waals surface area contributed by atoms with Gasteiger partial charge in [0.1, 0.15) is 85.7 Å². The Morgan fingerprint density at radius 1 is 0.451 bits per heavy atom. The summed E-state index contributed by atoms with van der Waals surface area (Å²) in [7, 11) is -16.7. The molecule has 63 heteroatoms. The highest BCUT2D eigenvalue weighted by atomic mass is 35.5. The lowest BCUT2D eigenvalue weighted by atomic mass is 9.99. The average molecular weight is 2130 g/mol. The van der Waals surface area contributed by atoms with Crippen LogP contribution in [0.5, 0.6) is 0 Å². The number of phosphoric acid groups is 3. The smallest absolute Gasteiger partial charge is 0.459 e. The van der Waals surface area contributed by atoms with Crippen LogP contribution in [-0.2, 0) is 45.8 Å². The minimum absolute atomic E-state index is 0.00613. The number of tetrazole rings is 6. The molecule has 6 aromatic carbocycles. The standard InChI is InChI=1S/C18H18N6O5.C14H9Cl3N4.C14H10ClFN4.C13H9F2N5.C11H17N6O13P3.C11H14N6O4/c1-11-8-23(18(27)21-16(11)25)15-7-13(24-20-10-19-22-24)14(29-15)9-28-17(26)12-5-3-2-4-6-12;15-10-3-1-9(2-4-10)14(21-19-8-18-20-21)12-6-5-11(16)7-13(12)17;15-12-5-1-10(2-6-12)14(20-18-9-17-19-20)11-3-7-13(16)8-4-11;14-11-4-3-9(6-12(11)15)13(20-18-8-17-19-20)10-2-1-5-16-7-10;1-6-3-16(11(19)14-10(6)18)9-2-7(17-13-5-12-15-17)8(28-9)4-27-32(23,24)30-33(25,26)29-31(20,21)22;1-6-3-16(11(20)14-10(6)19)9-2-7(8(4-18)21-9)17-13-5-12-15-17/h2-6,8,10,13-15H,7,9H2,1H3,(H,21,25,27);1-8,14H;1-9,14H;1-8,13H;3,5,7-9H,2,4H2,1H3,(H,23,24)(H,25,26)(H,14,18,19)(H2,20,21,22);3,5,7-9,18H,2,4H2,1H3,(H,14,19,20)/t13-,14+,15+;;;;2*7-,8+,9+/m0...00/s1. The molecule has 0 saturated carbocycles. The van der Waals surface area contributed by atoms with Crippen molar-refractivity contribution in [3.63, 3.8) is 0 Å². The molecule has 13 heterocycles. The van der Waals surface area contributed by atoms with E-state index < -0.39 is 137 Å². The SMILES string of the molecule is Cc1cn([C@H]2C[C@H](n3ncnn3)[C@@H](CO)O2)c(=O)[nH]c1=O.Cc1cn([C@H]2C[C@H](n3ncnn3)[C@@H](COC(=O)c3ccccc3)O2)c(=O)[nH]c1=O.Cc1cn([C@H]2C[C@H](n3ncnn3)[C@@H](COP(=O)(O)OP(=O)(O)OP(=O)(O)O)O2)c(=O)[nH]c1=O.Clc1ccc(C(c2ccc(Cl)cc2Cl)n2ncnn2)cc1.Fc1ccc(C(c2ccc(Cl)cc2)n2ncnn2)cc1.Fc1ccc(C(c2cccnc2)n2ncnn2)cc1F. The van der Waals surface area contributed by atoms with E-state index in [2.05, 4.69) is 126 Å². The van der Waals surface area contributed by atoms with E-state index in [1.165, 1.54) is 108 Å². The number of pyridine rings is 1. The molecule has 3 aliphatic heterocycles. The molecular formula is C81H77Cl4F3N31O22P3. The molecule has 5 unspecified atom stereocenters. The first kappa shape index (κ1) is 105. The number of esters is 1. The highest BCUT2D eigenvalue weighted by Gasteiger charge is 2.46. The number of aryl methyl sites for hydroxylation is 3. The van der Waals surface area contributed by atoms with Crippen LogP contribution in [-0.4, -0.2) is 224 Å². The summed E-state index contributed by atoms with van der Waals surface area (Å²) in [5, 5.41) is 81.0. The number of rotatable bonds is 26. The topological polar surface area (TPSA) is 673 Å². The fraction of sp³-hybridized carbons (Fsp3) is 0.259. The number of phosphoric ester groups is 1. The largest absolute Gasteiger partial charge is 0.490 e. The minimum Gasteiger partial charge on any atom is -0.459 e. The van der Waals surface area contributed by atoms with Gasteiger partial charge in [-0.1, -0.05) is 119 Å². The Kier molecular flexibility index (Phi) is 34.9. The Labute approximate surface area is 824 Å². The molecule has 8 N–H and O–H groups in total. The van der Waals surface area contributed by atoms with Crippen molar-refractivity contribution in [1.29, 1.82) is 0 Å². The number of aliphatic hydroxyl groups excluding tert-OH is 1. The molecule has 752 valence electrons. The Morgan fingerprint density at radius 2 is 0.861 bits per heavy atom. The van der Waals surface area contributed by atoms with Crippen molar-refractivity contribution >= 4 is 75.8 Å². The lowest BCUT2D eigenvalue weighted by Gasteiger charge is -2.20. The molecule has 10 aromatic heterocycles. The number of aromatic nitrogens is 31. The maximum atomic E-state index is 13.4.